The first-order valence-electron chi connectivity index (χ1n) is 10.6. The van der Waals surface area contributed by atoms with Crippen LogP contribution in [0.25, 0.3) is 0 Å². The maximum Gasteiger partial charge on any atom is 0.345 e. The van der Waals surface area contributed by atoms with E-state index >= 15 is 0 Å². The van der Waals surface area contributed by atoms with Crippen LogP contribution in [-0.4, -0.2) is 38.2 Å². The molecule has 1 saturated carbocycles. The van der Waals surface area contributed by atoms with Crippen molar-refractivity contribution < 1.29 is 4.79 Å². The standard InChI is InChI=1S/C22H30N4O2/c1-24-22(28)26(19-11-5-6-12-19)21(23-24)18-10-7-15-25(16-18)20(27)14-13-17-8-3-2-4-9-17/h2-4,8-9,18-19H,5-7,10-16H2,1H3. The van der Waals surface area contributed by atoms with Gasteiger partial charge in [0.2, 0.25) is 5.91 Å². The third-order valence-electron chi connectivity index (χ3n) is 6.28. The lowest BCUT2D eigenvalue weighted by atomic mass is 9.96. The predicted octanol–water partition coefficient (Wildman–Crippen LogP) is 3.04. The number of likely N-dealkylation sites (tertiary alicyclic amines) is 1. The van der Waals surface area contributed by atoms with Gasteiger partial charge in [-0.3, -0.25) is 9.36 Å². The highest BCUT2D eigenvalue weighted by Gasteiger charge is 2.32. The van der Waals surface area contributed by atoms with Crippen LogP contribution in [0.2, 0.25) is 0 Å². The number of nitrogens with zero attached hydrogens (tertiary/aromatic N) is 4. The molecule has 6 nitrogen and oxygen atoms in total. The molecule has 0 bridgehead atoms. The molecule has 1 atom stereocenters. The van der Waals surface area contributed by atoms with Gasteiger partial charge >= 0.3 is 5.69 Å². The largest absolute Gasteiger partial charge is 0.345 e. The Hall–Kier alpha value is -2.37. The van der Waals surface area contributed by atoms with E-state index in [1.807, 2.05) is 27.7 Å². The first-order valence-corrected chi connectivity index (χ1v) is 10.6. The van der Waals surface area contributed by atoms with E-state index in [9.17, 15) is 9.59 Å². The number of aryl methyl sites for hydroxylation is 2. The van der Waals surface area contributed by atoms with Crippen molar-refractivity contribution in [2.45, 2.75) is 63.3 Å². The minimum atomic E-state index is -0.00516. The van der Waals surface area contributed by atoms with Gasteiger partial charge < -0.3 is 4.90 Å². The van der Waals surface area contributed by atoms with Crippen LogP contribution in [0.3, 0.4) is 0 Å². The summed E-state index contributed by atoms with van der Waals surface area (Å²) < 4.78 is 3.42. The minimum Gasteiger partial charge on any atom is -0.342 e. The zero-order valence-electron chi connectivity index (χ0n) is 16.7. The molecule has 2 aromatic rings. The first-order chi connectivity index (χ1) is 13.6. The van der Waals surface area contributed by atoms with Gasteiger partial charge in [-0.1, -0.05) is 43.2 Å². The summed E-state index contributed by atoms with van der Waals surface area (Å²) in [6.45, 7) is 1.49. The highest BCUT2D eigenvalue weighted by Crippen LogP contribution is 2.33. The lowest BCUT2D eigenvalue weighted by Gasteiger charge is -2.33. The summed E-state index contributed by atoms with van der Waals surface area (Å²) in [6, 6.07) is 10.4. The van der Waals surface area contributed by atoms with Crippen LogP contribution in [0.15, 0.2) is 35.1 Å². The summed E-state index contributed by atoms with van der Waals surface area (Å²) in [5, 5.41) is 4.59. The second-order valence-electron chi connectivity index (χ2n) is 8.24. The number of carbonyl (C=O) groups excluding carboxylic acids is 1. The van der Waals surface area contributed by atoms with Crippen molar-refractivity contribution in [2.75, 3.05) is 13.1 Å². The van der Waals surface area contributed by atoms with E-state index in [2.05, 4.69) is 17.2 Å². The molecule has 28 heavy (non-hydrogen) atoms. The maximum atomic E-state index is 12.8. The van der Waals surface area contributed by atoms with Crippen LogP contribution in [0.4, 0.5) is 0 Å². The normalized spacial score (nSPS) is 20.6. The molecule has 4 rings (SSSR count). The summed E-state index contributed by atoms with van der Waals surface area (Å²) in [7, 11) is 1.74. The molecule has 2 fully saturated rings. The fraction of sp³-hybridized carbons (Fsp3) is 0.591. The first kappa shape index (κ1) is 19.0. The number of amides is 1. The topological polar surface area (TPSA) is 60.1 Å². The number of benzene rings is 1. The Kier molecular flexibility index (Phi) is 5.64. The summed E-state index contributed by atoms with van der Waals surface area (Å²) in [4.78, 5) is 27.5. The van der Waals surface area contributed by atoms with E-state index in [4.69, 9.17) is 0 Å². The molecular weight excluding hydrogens is 352 g/mol. The Labute approximate surface area is 166 Å². The average Bonchev–Trinajstić information content (AvgIpc) is 3.35. The van der Waals surface area contributed by atoms with E-state index in [1.54, 1.807) is 7.05 Å². The van der Waals surface area contributed by atoms with Crippen molar-refractivity contribution in [3.05, 3.63) is 52.2 Å². The smallest absolute Gasteiger partial charge is 0.342 e. The van der Waals surface area contributed by atoms with E-state index in [0.29, 0.717) is 13.0 Å². The van der Waals surface area contributed by atoms with E-state index in [1.165, 1.54) is 23.1 Å². The van der Waals surface area contributed by atoms with Crippen LogP contribution in [0.5, 0.6) is 0 Å². The van der Waals surface area contributed by atoms with Gasteiger partial charge in [0.1, 0.15) is 5.82 Å². The van der Waals surface area contributed by atoms with Gasteiger partial charge in [-0.25, -0.2) is 9.48 Å². The quantitative estimate of drug-likeness (QED) is 0.799. The molecular formula is C22H30N4O2. The second-order valence-corrected chi connectivity index (χ2v) is 8.24. The van der Waals surface area contributed by atoms with Crippen LogP contribution in [0.1, 0.15) is 68.3 Å². The lowest BCUT2D eigenvalue weighted by molar-refractivity contribution is -0.132. The van der Waals surface area contributed by atoms with Gasteiger partial charge in [0, 0.05) is 38.5 Å². The number of piperidine rings is 1. The van der Waals surface area contributed by atoms with Crippen molar-refractivity contribution in [1.82, 2.24) is 19.2 Å². The van der Waals surface area contributed by atoms with E-state index in [0.717, 1.165) is 44.5 Å². The number of hydrogen-bond acceptors (Lipinski definition) is 3. The zero-order chi connectivity index (χ0) is 19.5. The van der Waals surface area contributed by atoms with Gasteiger partial charge in [-0.05, 0) is 37.7 Å². The van der Waals surface area contributed by atoms with Crippen LogP contribution in [-0.2, 0) is 18.3 Å². The van der Waals surface area contributed by atoms with Gasteiger partial charge in [0.25, 0.3) is 0 Å². The molecule has 0 spiro atoms. The Morgan fingerprint density at radius 1 is 1.11 bits per heavy atom. The Morgan fingerprint density at radius 3 is 2.61 bits per heavy atom. The molecule has 2 heterocycles. The molecule has 1 amide bonds. The molecule has 150 valence electrons. The van der Waals surface area contributed by atoms with Crippen molar-refractivity contribution in [3.8, 4) is 0 Å². The third kappa shape index (κ3) is 3.91. The van der Waals surface area contributed by atoms with Gasteiger partial charge in [-0.2, -0.15) is 5.10 Å². The number of aromatic nitrogens is 3. The summed E-state index contributed by atoms with van der Waals surface area (Å²) >= 11 is 0. The summed E-state index contributed by atoms with van der Waals surface area (Å²) in [5.41, 5.74) is 1.19. The number of hydrogen-bond donors (Lipinski definition) is 0. The maximum absolute atomic E-state index is 12.8. The summed E-state index contributed by atoms with van der Waals surface area (Å²) in [5.74, 6) is 1.25. The Morgan fingerprint density at radius 2 is 1.86 bits per heavy atom. The molecule has 6 heteroatoms. The highest BCUT2D eigenvalue weighted by molar-refractivity contribution is 5.76. The Balaban J connectivity index is 1.46. The van der Waals surface area contributed by atoms with E-state index < -0.39 is 0 Å². The number of carbonyl (C=O) groups is 1. The average molecular weight is 383 g/mol. The van der Waals surface area contributed by atoms with Crippen molar-refractivity contribution in [3.63, 3.8) is 0 Å². The molecule has 0 radical (unpaired) electrons. The Bertz CT molecular complexity index is 864. The van der Waals surface area contributed by atoms with Crippen molar-refractivity contribution in [2.24, 2.45) is 7.05 Å². The van der Waals surface area contributed by atoms with Crippen LogP contribution in [0, 0.1) is 0 Å². The van der Waals surface area contributed by atoms with Crippen LogP contribution < -0.4 is 5.69 Å². The van der Waals surface area contributed by atoms with Gasteiger partial charge in [-0.15, -0.1) is 0 Å². The zero-order valence-corrected chi connectivity index (χ0v) is 16.7. The van der Waals surface area contributed by atoms with Crippen molar-refractivity contribution >= 4 is 5.91 Å². The van der Waals surface area contributed by atoms with Crippen molar-refractivity contribution in [1.29, 1.82) is 0 Å². The fourth-order valence-electron chi connectivity index (χ4n) is 4.75. The third-order valence-corrected chi connectivity index (χ3v) is 6.28. The number of rotatable bonds is 5. The predicted molar refractivity (Wildman–Crippen MR) is 108 cm³/mol. The van der Waals surface area contributed by atoms with Crippen LogP contribution >= 0.6 is 0 Å². The molecule has 2 aliphatic rings. The highest BCUT2D eigenvalue weighted by atomic mass is 16.2. The van der Waals surface area contributed by atoms with E-state index in [-0.39, 0.29) is 23.6 Å². The lowest BCUT2D eigenvalue weighted by Crippen LogP contribution is -2.40. The molecule has 1 aliphatic carbocycles. The minimum absolute atomic E-state index is 0.00516. The monoisotopic (exact) mass is 382 g/mol. The summed E-state index contributed by atoms with van der Waals surface area (Å²) in [6.07, 6.45) is 7.75. The molecule has 1 aliphatic heterocycles. The molecule has 1 aromatic carbocycles. The molecule has 1 aromatic heterocycles. The second kappa shape index (κ2) is 8.33. The van der Waals surface area contributed by atoms with Gasteiger partial charge in [0.15, 0.2) is 0 Å². The molecule has 0 N–H and O–H groups in total. The molecule has 1 saturated heterocycles. The van der Waals surface area contributed by atoms with Gasteiger partial charge in [0.05, 0.1) is 0 Å². The fourth-order valence-corrected chi connectivity index (χ4v) is 4.75. The SMILES string of the molecule is Cn1nc(C2CCCN(C(=O)CCc3ccccc3)C2)n(C2CCCC2)c1=O. The molecule has 1 unspecified atom stereocenters.